The first-order valence-corrected chi connectivity index (χ1v) is 8.52. The van der Waals surface area contributed by atoms with Gasteiger partial charge in [-0.2, -0.15) is 13.2 Å². The zero-order chi connectivity index (χ0) is 18.4. The molecule has 0 radical (unpaired) electrons. The molecule has 0 spiro atoms. The molecule has 1 saturated carbocycles. The molecule has 140 valence electrons. The molecule has 1 aliphatic carbocycles. The quantitative estimate of drug-likeness (QED) is 0.711. The lowest BCUT2D eigenvalue weighted by Gasteiger charge is -2.10. The van der Waals surface area contributed by atoms with Crippen molar-refractivity contribution in [1.82, 2.24) is 15.3 Å². The normalized spacial score (nSPS) is 14.3. The van der Waals surface area contributed by atoms with Crippen molar-refractivity contribution in [2.24, 2.45) is 5.92 Å². The summed E-state index contributed by atoms with van der Waals surface area (Å²) in [4.78, 5) is 8.19. The topological polar surface area (TPSA) is 59.1 Å². The van der Waals surface area contributed by atoms with Gasteiger partial charge in [0.1, 0.15) is 5.82 Å². The van der Waals surface area contributed by atoms with E-state index in [0.717, 1.165) is 29.4 Å². The first-order valence-electron chi connectivity index (χ1n) is 8.52. The molecular weight excluding hydrogens is 345 g/mol. The van der Waals surface area contributed by atoms with Gasteiger partial charge < -0.3 is 15.4 Å². The summed E-state index contributed by atoms with van der Waals surface area (Å²) >= 11 is 0. The fraction of sp³-hybridized carbons (Fsp3) is 0.444. The molecule has 2 aromatic rings. The van der Waals surface area contributed by atoms with Crippen LogP contribution in [-0.4, -0.2) is 29.3 Å². The highest BCUT2D eigenvalue weighted by atomic mass is 19.4. The Bertz CT molecular complexity index is 702. The molecular formula is C18H21F3N4O. The van der Waals surface area contributed by atoms with Gasteiger partial charge in [-0.25, -0.2) is 9.97 Å². The minimum absolute atomic E-state index is 0.0356. The van der Waals surface area contributed by atoms with Crippen LogP contribution in [0.3, 0.4) is 0 Å². The molecule has 0 unspecified atom stereocenters. The highest BCUT2D eigenvalue weighted by molar-refractivity contribution is 5.37. The van der Waals surface area contributed by atoms with E-state index >= 15 is 0 Å². The van der Waals surface area contributed by atoms with Gasteiger partial charge >= 0.3 is 6.18 Å². The fourth-order valence-electron chi connectivity index (χ4n) is 2.36. The van der Waals surface area contributed by atoms with Crippen molar-refractivity contribution in [2.75, 3.05) is 18.5 Å². The summed E-state index contributed by atoms with van der Waals surface area (Å²) in [6.45, 7) is 0.849. The van der Waals surface area contributed by atoms with Gasteiger partial charge in [-0.1, -0.05) is 6.07 Å². The number of anilines is 1. The van der Waals surface area contributed by atoms with Gasteiger partial charge in [0.15, 0.2) is 6.61 Å². The lowest BCUT2D eigenvalue weighted by atomic mass is 10.2. The van der Waals surface area contributed by atoms with E-state index in [1.54, 1.807) is 12.3 Å². The number of alkyl halides is 3. The summed E-state index contributed by atoms with van der Waals surface area (Å²) in [6.07, 6.45) is 1.51. The molecule has 2 aromatic heterocycles. The molecule has 26 heavy (non-hydrogen) atoms. The van der Waals surface area contributed by atoms with E-state index in [2.05, 4.69) is 25.3 Å². The average Bonchev–Trinajstić information content (AvgIpc) is 3.44. The Morgan fingerprint density at radius 2 is 1.88 bits per heavy atom. The summed E-state index contributed by atoms with van der Waals surface area (Å²) in [6, 6.07) is 7.10. The van der Waals surface area contributed by atoms with Crippen molar-refractivity contribution in [3.05, 3.63) is 47.8 Å². The predicted molar refractivity (Wildman–Crippen MR) is 91.8 cm³/mol. The Kier molecular flexibility index (Phi) is 5.92. The van der Waals surface area contributed by atoms with Gasteiger partial charge in [-0.05, 0) is 42.0 Å². The summed E-state index contributed by atoms with van der Waals surface area (Å²) in [5.41, 5.74) is 1.97. The van der Waals surface area contributed by atoms with E-state index in [9.17, 15) is 13.2 Å². The second-order valence-corrected chi connectivity index (χ2v) is 6.39. The SMILES string of the molecule is FC(F)(F)COc1ccc(CNCc2ccnc(NCC3CC3)c2)cn1. The molecule has 8 heteroatoms. The van der Waals surface area contributed by atoms with Gasteiger partial charge in [-0.3, -0.25) is 0 Å². The molecule has 0 aromatic carbocycles. The van der Waals surface area contributed by atoms with Gasteiger partial charge in [0.25, 0.3) is 0 Å². The second kappa shape index (κ2) is 8.35. The third kappa shape index (κ3) is 6.51. The summed E-state index contributed by atoms with van der Waals surface area (Å²) in [7, 11) is 0. The Balaban J connectivity index is 1.42. The van der Waals surface area contributed by atoms with Crippen LogP contribution in [0.2, 0.25) is 0 Å². The minimum Gasteiger partial charge on any atom is -0.468 e. The molecule has 0 bridgehead atoms. The van der Waals surface area contributed by atoms with E-state index in [-0.39, 0.29) is 5.88 Å². The van der Waals surface area contributed by atoms with Crippen LogP contribution in [-0.2, 0) is 13.1 Å². The van der Waals surface area contributed by atoms with Crippen molar-refractivity contribution in [1.29, 1.82) is 0 Å². The van der Waals surface area contributed by atoms with Gasteiger partial charge in [0.2, 0.25) is 5.88 Å². The number of halogens is 3. The largest absolute Gasteiger partial charge is 0.468 e. The van der Waals surface area contributed by atoms with Crippen LogP contribution in [0.25, 0.3) is 0 Å². The third-order valence-electron chi connectivity index (χ3n) is 3.93. The number of rotatable bonds is 9. The monoisotopic (exact) mass is 366 g/mol. The maximum absolute atomic E-state index is 12.1. The number of aromatic nitrogens is 2. The summed E-state index contributed by atoms with van der Waals surface area (Å²) < 4.78 is 40.9. The minimum atomic E-state index is -4.36. The molecule has 1 aliphatic rings. The molecule has 2 heterocycles. The third-order valence-corrected chi connectivity index (χ3v) is 3.93. The zero-order valence-electron chi connectivity index (χ0n) is 14.2. The standard InChI is InChI=1S/C18H21F3N4O/c19-18(20,21)12-26-17-4-3-15(11-25-17)9-22-8-14-5-6-23-16(7-14)24-10-13-1-2-13/h3-7,11,13,22H,1-2,8-10,12H2,(H,23,24). The van der Waals surface area contributed by atoms with E-state index < -0.39 is 12.8 Å². The summed E-state index contributed by atoms with van der Waals surface area (Å²) in [5, 5.41) is 6.62. The smallest absolute Gasteiger partial charge is 0.422 e. The van der Waals surface area contributed by atoms with Crippen molar-refractivity contribution >= 4 is 5.82 Å². The highest BCUT2D eigenvalue weighted by Crippen LogP contribution is 2.28. The highest BCUT2D eigenvalue weighted by Gasteiger charge is 2.28. The van der Waals surface area contributed by atoms with Crippen molar-refractivity contribution < 1.29 is 17.9 Å². The Morgan fingerprint density at radius 3 is 2.58 bits per heavy atom. The predicted octanol–water partition coefficient (Wildman–Crippen LogP) is 3.53. The fourth-order valence-corrected chi connectivity index (χ4v) is 2.36. The molecule has 2 N–H and O–H groups in total. The molecule has 0 saturated heterocycles. The molecule has 5 nitrogen and oxygen atoms in total. The molecule has 0 amide bonds. The van der Waals surface area contributed by atoms with E-state index in [4.69, 9.17) is 0 Å². The molecule has 0 atom stereocenters. The average molecular weight is 366 g/mol. The molecule has 1 fully saturated rings. The van der Waals surface area contributed by atoms with Crippen LogP contribution < -0.4 is 15.4 Å². The van der Waals surface area contributed by atoms with Crippen LogP contribution in [0.15, 0.2) is 36.7 Å². The number of nitrogens with zero attached hydrogens (tertiary/aromatic N) is 2. The number of nitrogens with one attached hydrogen (secondary N) is 2. The van der Waals surface area contributed by atoms with Gasteiger partial charge in [-0.15, -0.1) is 0 Å². The zero-order valence-corrected chi connectivity index (χ0v) is 14.2. The first kappa shape index (κ1) is 18.4. The Hall–Kier alpha value is -2.35. The molecule has 0 aliphatic heterocycles. The van der Waals surface area contributed by atoms with Crippen LogP contribution in [0.4, 0.5) is 19.0 Å². The molecule has 3 rings (SSSR count). The lowest BCUT2D eigenvalue weighted by Crippen LogP contribution is -2.19. The Morgan fingerprint density at radius 1 is 1.08 bits per heavy atom. The van der Waals surface area contributed by atoms with Crippen LogP contribution >= 0.6 is 0 Å². The van der Waals surface area contributed by atoms with Gasteiger partial charge in [0.05, 0.1) is 0 Å². The van der Waals surface area contributed by atoms with E-state index in [1.807, 2.05) is 12.1 Å². The van der Waals surface area contributed by atoms with Crippen LogP contribution in [0, 0.1) is 5.92 Å². The number of pyridine rings is 2. The van der Waals surface area contributed by atoms with Crippen LogP contribution in [0.5, 0.6) is 5.88 Å². The van der Waals surface area contributed by atoms with Crippen molar-refractivity contribution in [3.8, 4) is 5.88 Å². The maximum atomic E-state index is 12.1. The number of ether oxygens (including phenoxy) is 1. The maximum Gasteiger partial charge on any atom is 0.422 e. The van der Waals surface area contributed by atoms with E-state index in [0.29, 0.717) is 13.1 Å². The summed E-state index contributed by atoms with van der Waals surface area (Å²) in [5.74, 6) is 1.63. The first-order chi connectivity index (χ1) is 12.5. The van der Waals surface area contributed by atoms with Crippen molar-refractivity contribution in [2.45, 2.75) is 32.1 Å². The van der Waals surface area contributed by atoms with Gasteiger partial charge in [0, 0.05) is 38.1 Å². The number of hydrogen-bond donors (Lipinski definition) is 2. The van der Waals surface area contributed by atoms with Crippen LogP contribution in [0.1, 0.15) is 24.0 Å². The Labute approximate surface area is 150 Å². The second-order valence-electron chi connectivity index (χ2n) is 6.39. The lowest BCUT2D eigenvalue weighted by molar-refractivity contribution is -0.154. The van der Waals surface area contributed by atoms with E-state index in [1.165, 1.54) is 25.1 Å². The van der Waals surface area contributed by atoms with Crippen molar-refractivity contribution in [3.63, 3.8) is 0 Å². The number of hydrogen-bond acceptors (Lipinski definition) is 5.